The number of allylic oxidation sites excluding steroid dienone is 14. The average Bonchev–Trinajstić information content (AvgIpc) is 1.48. The molecule has 0 spiro atoms. The van der Waals surface area contributed by atoms with E-state index in [4.69, 9.17) is 13.1 Å². The number of aryl methyl sites for hydroxylation is 8. The smallest absolute Gasteiger partial charge is 0.270 e. The van der Waals surface area contributed by atoms with Crippen molar-refractivity contribution in [3.05, 3.63) is 347 Å². The van der Waals surface area contributed by atoms with Crippen molar-refractivity contribution in [2.24, 2.45) is 0 Å². The van der Waals surface area contributed by atoms with E-state index in [1.165, 1.54) is 169 Å². The van der Waals surface area contributed by atoms with Crippen molar-refractivity contribution in [3.8, 4) is 31.6 Å². The molecular weight excluding hydrogens is 1760 g/mol. The molecule has 0 saturated heterocycles. The minimum absolute atomic E-state index is 0.00955. The van der Waals surface area contributed by atoms with Crippen molar-refractivity contribution in [3.63, 3.8) is 0 Å². The van der Waals surface area contributed by atoms with Gasteiger partial charge in [0.25, 0.3) is 11.4 Å². The molecule has 6 nitrogen and oxygen atoms in total. The third kappa shape index (κ3) is 22.0. The van der Waals surface area contributed by atoms with E-state index in [2.05, 4.69) is 162 Å². The summed E-state index contributed by atoms with van der Waals surface area (Å²) in [5, 5.41) is 20.5. The lowest BCUT2D eigenvalue weighted by atomic mass is 9.65. The molecule has 0 amide bonds. The summed E-state index contributed by atoms with van der Waals surface area (Å²) in [6, 6.07) is 43.8. The number of ketones is 2. The number of rotatable bonds is 50. The zero-order valence-electron chi connectivity index (χ0n) is 81.2. The largest absolute Gasteiger partial charge is 0.289 e. The van der Waals surface area contributed by atoms with Crippen LogP contribution >= 0.6 is 45.3 Å². The average molecular weight is 1890 g/mol. The number of carbonyl (C=O) groups is 2. The van der Waals surface area contributed by atoms with Gasteiger partial charge in [0.05, 0.1) is 65.0 Å². The monoisotopic (exact) mass is 1890 g/mol. The molecule has 4 aromatic heterocycles. The van der Waals surface area contributed by atoms with Crippen molar-refractivity contribution in [1.29, 1.82) is 10.5 Å². The summed E-state index contributed by atoms with van der Waals surface area (Å²) in [6.45, 7) is 34.3. The third-order valence-electron chi connectivity index (χ3n) is 28.1. The first kappa shape index (κ1) is 101. The Labute approximate surface area is 823 Å². The normalized spacial score (nSPS) is 15.3. The van der Waals surface area contributed by atoms with Crippen molar-refractivity contribution in [2.75, 3.05) is 0 Å². The van der Waals surface area contributed by atoms with Crippen LogP contribution in [0.3, 0.4) is 0 Å². The van der Waals surface area contributed by atoms with E-state index in [0.29, 0.717) is 0 Å². The molecule has 0 aliphatic heterocycles. The minimum Gasteiger partial charge on any atom is -0.289 e. The van der Waals surface area contributed by atoms with Gasteiger partial charge in [-0.3, -0.25) is 9.59 Å². The van der Waals surface area contributed by atoms with E-state index >= 15 is 8.78 Å². The van der Waals surface area contributed by atoms with E-state index < -0.39 is 45.7 Å². The Morgan fingerprint density at radius 2 is 0.566 bits per heavy atom. The molecule has 4 heterocycles. The van der Waals surface area contributed by atoms with Gasteiger partial charge in [0, 0.05) is 54.3 Å². The number of carbonyl (C=O) groups excluding carboxylic acids is 2. The van der Waals surface area contributed by atoms with E-state index in [9.17, 15) is 28.9 Å². The van der Waals surface area contributed by atoms with Crippen LogP contribution in [0.2, 0.25) is 0 Å². The van der Waals surface area contributed by atoms with Crippen LogP contribution in [0.1, 0.15) is 391 Å². The van der Waals surface area contributed by atoms with Gasteiger partial charge in [0.1, 0.15) is 0 Å². The first-order valence-electron chi connectivity index (χ1n) is 51.1. The van der Waals surface area contributed by atoms with Crippen LogP contribution in [0.4, 0.5) is 17.6 Å². The van der Waals surface area contributed by atoms with Gasteiger partial charge < -0.3 is 0 Å². The fourth-order valence-corrected chi connectivity index (χ4v) is 26.9. The predicted molar refractivity (Wildman–Crippen MR) is 565 cm³/mol. The molecular formula is C122H132F4N4O2S4. The van der Waals surface area contributed by atoms with Crippen LogP contribution < -0.4 is 0 Å². The molecule has 14 rings (SSSR count). The Hall–Kier alpha value is -10.7. The molecule has 14 heteroatoms. The standard InChI is InChI=1S/C122H132F4N4O2S4/c1-11-19-27-37-49-81-61-82(50-38-28-20-12-2)66-89(65-81)121(90-67-83(51-39-29-21-13-3)62-84(68-90)52-40-30-22-14-4)101-73-93(57-45-35-47-59-95-109(107(79-127)129-9)97-75-103(123)105(125)77-99(97)113(95)131)133-115(101)117-111(121)119-120(135-117)112-118(136-119)116-102(74-94(134-116)58-46-36-48-60-96-110(108(80-128)130-10)98-76-104(124)106(126)78-100(98)114(96)132)122(112,91-69-85(53-41-31-23-15-5)63-86(70-91)54-42-32-24-16-6)92-71-87(55-43-33-25-17-7)64-88(72-92)56-44-34-26-18-8/h35-36,45-48,57-78H,11-34,37-44,49-56H2,1-8H3/b47-35+,48-36+,57-45+,58-46+,95-59-,96-60-,109-107-,110-108+. The number of hydrogen-bond acceptors (Lipinski definition) is 8. The second-order valence-electron chi connectivity index (χ2n) is 38.0. The van der Waals surface area contributed by atoms with E-state index in [1.807, 2.05) is 81.8 Å². The van der Waals surface area contributed by atoms with Crippen LogP contribution in [0, 0.1) is 59.1 Å². The topological polar surface area (TPSA) is 90.4 Å². The quantitative estimate of drug-likeness (QED) is 0.00949. The molecule has 6 aromatic carbocycles. The summed E-state index contributed by atoms with van der Waals surface area (Å²) in [6.07, 6.45) is 62.8. The maximum atomic E-state index is 15.1. The van der Waals surface area contributed by atoms with Crippen molar-refractivity contribution in [1.82, 2.24) is 0 Å². The lowest BCUT2D eigenvalue weighted by Gasteiger charge is -2.35. The highest BCUT2D eigenvalue weighted by Gasteiger charge is 2.56. The molecule has 0 fully saturated rings. The second-order valence-corrected chi connectivity index (χ2v) is 42.2. The maximum Gasteiger partial charge on any atom is 0.270 e. The van der Waals surface area contributed by atoms with Gasteiger partial charge in [-0.2, -0.15) is 0 Å². The van der Waals surface area contributed by atoms with Gasteiger partial charge in [-0.15, -0.1) is 45.3 Å². The van der Waals surface area contributed by atoms with Crippen LogP contribution in [0.15, 0.2) is 180 Å². The number of nitrogens with zero attached hydrogens (tertiary/aromatic N) is 4. The fraction of sp³-hybridized carbons (Fsp3) is 0.410. The summed E-state index contributed by atoms with van der Waals surface area (Å²) in [5.74, 6) is -5.89. The molecule has 10 aromatic rings. The van der Waals surface area contributed by atoms with Crippen molar-refractivity contribution >= 4 is 89.6 Å². The Morgan fingerprint density at radius 1 is 0.316 bits per heavy atom. The number of thiophene rings is 4. The van der Waals surface area contributed by atoms with Crippen LogP contribution in [0.25, 0.3) is 61.9 Å². The van der Waals surface area contributed by atoms with Crippen LogP contribution in [-0.4, -0.2) is 11.6 Å². The number of nitriles is 2. The number of fused-ring (bicyclic) bond motifs is 11. The number of Topliss-reactive ketones (excluding diaryl/α,β-unsaturated/α-hetero) is 2. The zero-order valence-corrected chi connectivity index (χ0v) is 84.5. The van der Waals surface area contributed by atoms with Gasteiger partial charge in [-0.1, -0.05) is 331 Å². The lowest BCUT2D eigenvalue weighted by Crippen LogP contribution is -2.30. The minimum atomic E-state index is -1.18. The first-order valence-corrected chi connectivity index (χ1v) is 54.4. The third-order valence-corrected chi connectivity index (χ3v) is 33.1. The molecule has 0 atom stereocenters. The maximum absolute atomic E-state index is 15.1. The van der Waals surface area contributed by atoms with Crippen molar-refractivity contribution < 1.29 is 27.2 Å². The SMILES string of the molecule is [C-]#[N+]\C(C#N)=C1/C(=C/C=C/C=C/c2cc3c(s2)-c2sc4c5c(sc4c2C3(c2cc(CCCCCC)cc(CCCCCC)c2)c2cc(CCCCCC)cc(CCCCCC)c2)-c2sc(/C=C/C=C/C=C3\C(=O)c4cc(F)c(F)cc4\C3=C(\C#N)[N+]#[C-])cc2C5(c2cc(CCCCCC)cc(CCCCCC)c2)c2cc(CCCCCC)cc(CCCCCC)c2)C(=O)c2cc(F)c(F)cc21. The van der Waals surface area contributed by atoms with E-state index in [1.54, 1.807) is 24.3 Å². The molecule has 136 heavy (non-hydrogen) atoms. The predicted octanol–water partition coefficient (Wildman–Crippen LogP) is 36.4. The van der Waals surface area contributed by atoms with E-state index in [0.717, 1.165) is 239 Å². The summed E-state index contributed by atoms with van der Waals surface area (Å²) < 4.78 is 62.7. The molecule has 0 N–H and O–H groups in total. The van der Waals surface area contributed by atoms with Crippen LogP contribution in [0.5, 0.6) is 0 Å². The summed E-state index contributed by atoms with van der Waals surface area (Å²) >= 11 is 7.70. The second kappa shape index (κ2) is 48.6. The number of unbranched alkanes of at least 4 members (excludes halogenated alkanes) is 24. The van der Waals surface area contributed by atoms with Gasteiger partial charge in [0.2, 0.25) is 0 Å². The Balaban J connectivity index is 1.09. The summed E-state index contributed by atoms with van der Waals surface area (Å²) in [4.78, 5) is 42.6. The van der Waals surface area contributed by atoms with Crippen molar-refractivity contribution in [2.45, 2.75) is 323 Å². The highest BCUT2D eigenvalue weighted by molar-refractivity contribution is 7.34. The number of halogens is 4. The number of hydrogen-bond donors (Lipinski definition) is 0. The first-order chi connectivity index (χ1) is 66.4. The van der Waals surface area contributed by atoms with Gasteiger partial charge >= 0.3 is 0 Å². The zero-order chi connectivity index (χ0) is 95.8. The molecule has 4 aliphatic carbocycles. The van der Waals surface area contributed by atoms with Gasteiger partial charge in [-0.25, -0.2) is 37.8 Å². The Bertz CT molecular complexity index is 5800. The Morgan fingerprint density at radius 3 is 0.801 bits per heavy atom. The lowest BCUT2D eigenvalue weighted by molar-refractivity contribution is 0.103. The molecule has 0 saturated carbocycles. The van der Waals surface area contributed by atoms with Gasteiger partial charge in [0.15, 0.2) is 34.8 Å². The highest BCUT2D eigenvalue weighted by atomic mass is 32.1. The van der Waals surface area contributed by atoms with Gasteiger partial charge in [-0.05, 0) is 240 Å². The Kier molecular flexibility index (Phi) is 36.1. The molecule has 0 bridgehead atoms. The van der Waals surface area contributed by atoms with Crippen LogP contribution in [-0.2, 0) is 62.2 Å². The van der Waals surface area contributed by atoms with E-state index in [-0.39, 0.29) is 55.9 Å². The fourth-order valence-electron chi connectivity index (χ4n) is 21.3. The highest BCUT2D eigenvalue weighted by Crippen LogP contribution is 2.71. The summed E-state index contributed by atoms with van der Waals surface area (Å²) in [5.41, 5.74) is 18.9. The molecule has 4 aliphatic rings. The number of benzene rings is 6. The molecule has 704 valence electrons. The molecule has 0 unspecified atom stereocenters. The summed E-state index contributed by atoms with van der Waals surface area (Å²) in [7, 11) is 0. The molecule has 0 radical (unpaired) electrons.